The van der Waals surface area contributed by atoms with Gasteiger partial charge in [0.15, 0.2) is 5.69 Å². The van der Waals surface area contributed by atoms with E-state index in [1.165, 1.54) is 15.8 Å². The van der Waals surface area contributed by atoms with E-state index in [2.05, 4.69) is 10.3 Å². The number of amides is 1. The first kappa shape index (κ1) is 15.0. The van der Waals surface area contributed by atoms with E-state index in [4.69, 9.17) is 16.7 Å². The van der Waals surface area contributed by atoms with Crippen molar-refractivity contribution in [3.8, 4) is 0 Å². The van der Waals surface area contributed by atoms with Gasteiger partial charge in [0.05, 0.1) is 6.20 Å². The molecular weight excluding hydrogens is 296 g/mol. The fourth-order valence-corrected chi connectivity index (χ4v) is 1.90. The molecule has 110 valence electrons. The van der Waals surface area contributed by atoms with Gasteiger partial charge in [-0.1, -0.05) is 35.0 Å². The van der Waals surface area contributed by atoms with E-state index in [1.807, 2.05) is 18.2 Å². The largest absolute Gasteiger partial charge is 0.476 e. The van der Waals surface area contributed by atoms with Gasteiger partial charge in [0.2, 0.25) is 5.91 Å². The molecule has 2 rings (SSSR count). The lowest BCUT2D eigenvalue weighted by Gasteiger charge is -2.17. The van der Waals surface area contributed by atoms with Crippen molar-refractivity contribution >= 4 is 23.5 Å². The quantitative estimate of drug-likeness (QED) is 0.899. The Hall–Kier alpha value is -2.41. The van der Waals surface area contributed by atoms with Crippen LogP contribution >= 0.6 is 11.6 Å². The molecule has 2 aromatic rings. The zero-order valence-electron chi connectivity index (χ0n) is 11.2. The van der Waals surface area contributed by atoms with Gasteiger partial charge < -0.3 is 10.0 Å². The first-order valence-electron chi connectivity index (χ1n) is 6.08. The van der Waals surface area contributed by atoms with Gasteiger partial charge in [0.25, 0.3) is 0 Å². The van der Waals surface area contributed by atoms with Crippen LogP contribution in [0.1, 0.15) is 16.1 Å². The molecule has 1 aromatic carbocycles. The van der Waals surface area contributed by atoms with Crippen LogP contribution < -0.4 is 0 Å². The van der Waals surface area contributed by atoms with Crippen molar-refractivity contribution in [2.75, 3.05) is 7.05 Å². The molecule has 0 unspecified atom stereocenters. The van der Waals surface area contributed by atoms with Crippen molar-refractivity contribution in [3.63, 3.8) is 0 Å². The number of aromatic nitrogens is 3. The number of rotatable bonds is 5. The molecule has 7 nitrogen and oxygen atoms in total. The van der Waals surface area contributed by atoms with E-state index in [0.29, 0.717) is 11.6 Å². The van der Waals surface area contributed by atoms with Crippen molar-refractivity contribution in [2.45, 2.75) is 13.1 Å². The normalized spacial score (nSPS) is 10.4. The highest BCUT2D eigenvalue weighted by Crippen LogP contribution is 2.16. The van der Waals surface area contributed by atoms with E-state index in [-0.39, 0.29) is 18.1 Å². The van der Waals surface area contributed by atoms with Crippen LogP contribution in [0, 0.1) is 0 Å². The fourth-order valence-electron chi connectivity index (χ4n) is 1.70. The van der Waals surface area contributed by atoms with Crippen LogP contribution in [-0.4, -0.2) is 43.9 Å². The fraction of sp³-hybridized carbons (Fsp3) is 0.231. The molecule has 0 saturated heterocycles. The van der Waals surface area contributed by atoms with Gasteiger partial charge in [-0.15, -0.1) is 5.10 Å². The van der Waals surface area contributed by atoms with Crippen molar-refractivity contribution < 1.29 is 14.7 Å². The van der Waals surface area contributed by atoms with Crippen molar-refractivity contribution in [1.82, 2.24) is 19.9 Å². The smallest absolute Gasteiger partial charge is 0.358 e. The molecule has 0 aliphatic heterocycles. The van der Waals surface area contributed by atoms with Crippen molar-refractivity contribution in [3.05, 3.63) is 46.7 Å². The third kappa shape index (κ3) is 3.79. The molecule has 1 aromatic heterocycles. The van der Waals surface area contributed by atoms with Crippen LogP contribution in [-0.2, 0) is 17.9 Å². The third-order valence-corrected chi connectivity index (χ3v) is 3.21. The van der Waals surface area contributed by atoms with Gasteiger partial charge in [-0.2, -0.15) is 0 Å². The van der Waals surface area contributed by atoms with Crippen LogP contribution in [0.5, 0.6) is 0 Å². The second-order valence-electron chi connectivity index (χ2n) is 4.45. The Bertz CT molecular complexity index is 671. The number of aromatic carboxylic acids is 1. The number of halogens is 1. The number of carbonyl (C=O) groups is 2. The van der Waals surface area contributed by atoms with E-state index in [1.54, 1.807) is 13.1 Å². The molecule has 0 aliphatic carbocycles. The monoisotopic (exact) mass is 308 g/mol. The summed E-state index contributed by atoms with van der Waals surface area (Å²) in [7, 11) is 1.64. The highest BCUT2D eigenvalue weighted by molar-refractivity contribution is 6.31. The molecule has 8 heteroatoms. The summed E-state index contributed by atoms with van der Waals surface area (Å²) < 4.78 is 1.19. The summed E-state index contributed by atoms with van der Waals surface area (Å²) in [6.07, 6.45) is 1.21. The Balaban J connectivity index is 1.99. The Morgan fingerprint density at radius 1 is 1.38 bits per heavy atom. The predicted octanol–water partition coefficient (Wildman–Crippen LogP) is 1.29. The molecule has 1 heterocycles. The van der Waals surface area contributed by atoms with Crippen LogP contribution in [0.25, 0.3) is 0 Å². The number of benzene rings is 1. The average molecular weight is 309 g/mol. The molecule has 0 fully saturated rings. The molecule has 0 atom stereocenters. The Kier molecular flexibility index (Phi) is 4.54. The van der Waals surface area contributed by atoms with Crippen molar-refractivity contribution in [2.24, 2.45) is 0 Å². The minimum absolute atomic E-state index is 0.0821. The number of carbonyl (C=O) groups excluding carboxylic acids is 1. The van der Waals surface area contributed by atoms with Crippen LogP contribution in [0.15, 0.2) is 30.5 Å². The Morgan fingerprint density at radius 2 is 2.10 bits per heavy atom. The molecular formula is C13H13ClN4O3. The van der Waals surface area contributed by atoms with Gasteiger partial charge in [-0.05, 0) is 11.6 Å². The Labute approximate surface area is 125 Å². The van der Waals surface area contributed by atoms with E-state index in [9.17, 15) is 9.59 Å². The lowest BCUT2D eigenvalue weighted by atomic mass is 10.2. The highest BCUT2D eigenvalue weighted by Gasteiger charge is 2.14. The number of likely N-dealkylation sites (N-methyl/N-ethyl adjacent to an activating group) is 1. The highest BCUT2D eigenvalue weighted by atomic mass is 35.5. The minimum atomic E-state index is -1.18. The number of hydrogen-bond acceptors (Lipinski definition) is 4. The van der Waals surface area contributed by atoms with Crippen LogP contribution in [0.3, 0.4) is 0 Å². The molecule has 21 heavy (non-hydrogen) atoms. The van der Waals surface area contributed by atoms with E-state index in [0.717, 1.165) is 5.56 Å². The second-order valence-corrected chi connectivity index (χ2v) is 4.85. The van der Waals surface area contributed by atoms with Crippen LogP contribution in [0.2, 0.25) is 5.02 Å². The zero-order chi connectivity index (χ0) is 15.4. The topological polar surface area (TPSA) is 88.3 Å². The summed E-state index contributed by atoms with van der Waals surface area (Å²) in [5, 5.41) is 16.4. The number of carboxylic acid groups (broad SMARTS) is 1. The maximum absolute atomic E-state index is 12.1. The first-order chi connectivity index (χ1) is 9.97. The molecule has 0 radical (unpaired) electrons. The predicted molar refractivity (Wildman–Crippen MR) is 74.9 cm³/mol. The standard InChI is InChI=1S/C13H13ClN4O3/c1-17(6-9-4-2-3-5-10(9)14)12(19)8-18-7-11(13(20)21)15-16-18/h2-5,7H,6,8H2,1H3,(H,20,21). The number of carboxylic acids is 1. The zero-order valence-corrected chi connectivity index (χ0v) is 12.0. The van der Waals surface area contributed by atoms with Crippen LogP contribution in [0.4, 0.5) is 0 Å². The Morgan fingerprint density at radius 3 is 2.71 bits per heavy atom. The summed E-state index contributed by atoms with van der Waals surface area (Å²) in [5.74, 6) is -1.41. The lowest BCUT2D eigenvalue weighted by Crippen LogP contribution is -2.30. The maximum atomic E-state index is 12.1. The van der Waals surface area contributed by atoms with Gasteiger partial charge in [0, 0.05) is 18.6 Å². The maximum Gasteiger partial charge on any atom is 0.358 e. The molecule has 1 N–H and O–H groups in total. The summed E-state index contributed by atoms with van der Waals surface area (Å²) >= 11 is 6.04. The molecule has 0 bridgehead atoms. The molecule has 0 aliphatic rings. The van der Waals surface area contributed by atoms with Gasteiger partial charge in [-0.25, -0.2) is 9.48 Å². The summed E-state index contributed by atoms with van der Waals surface area (Å²) in [6, 6.07) is 7.25. The molecule has 0 saturated carbocycles. The summed E-state index contributed by atoms with van der Waals surface area (Å²) in [6.45, 7) is 0.278. The van der Waals surface area contributed by atoms with Gasteiger partial charge in [-0.3, -0.25) is 4.79 Å². The van der Waals surface area contributed by atoms with Gasteiger partial charge in [0.1, 0.15) is 6.54 Å². The first-order valence-corrected chi connectivity index (χ1v) is 6.46. The molecule has 0 spiro atoms. The van der Waals surface area contributed by atoms with E-state index >= 15 is 0 Å². The van der Waals surface area contributed by atoms with E-state index < -0.39 is 5.97 Å². The lowest BCUT2D eigenvalue weighted by molar-refractivity contribution is -0.131. The average Bonchev–Trinajstić information content (AvgIpc) is 2.90. The second kappa shape index (κ2) is 6.36. The van der Waals surface area contributed by atoms with Gasteiger partial charge >= 0.3 is 5.97 Å². The third-order valence-electron chi connectivity index (χ3n) is 2.85. The summed E-state index contributed by atoms with van der Waals surface area (Å²) in [5.41, 5.74) is 0.636. The SMILES string of the molecule is CN(Cc1ccccc1Cl)C(=O)Cn1cc(C(=O)O)nn1. The number of nitrogens with zero attached hydrogens (tertiary/aromatic N) is 4. The minimum Gasteiger partial charge on any atom is -0.476 e. The molecule has 1 amide bonds. The summed E-state index contributed by atoms with van der Waals surface area (Å²) in [4.78, 5) is 24.2. The van der Waals surface area contributed by atoms with Crippen molar-refractivity contribution in [1.29, 1.82) is 0 Å². The number of hydrogen-bond donors (Lipinski definition) is 1.